The lowest BCUT2D eigenvalue weighted by molar-refractivity contribution is -0.137. The Bertz CT molecular complexity index is 854. The molecule has 0 fully saturated rings. The first kappa shape index (κ1) is 14.9. The maximum atomic E-state index is 12.7. The number of hydrogen-bond acceptors (Lipinski definition) is 4. The Balaban J connectivity index is 2.02. The molecule has 0 aliphatic carbocycles. The molecular formula is C13H7F3N2O2S2. The third-order valence-corrected chi connectivity index (χ3v) is 4.53. The highest BCUT2D eigenvalue weighted by Crippen LogP contribution is 2.36. The van der Waals surface area contributed by atoms with Crippen molar-refractivity contribution in [3.63, 3.8) is 0 Å². The monoisotopic (exact) mass is 344 g/mol. The van der Waals surface area contributed by atoms with Gasteiger partial charge in [-0.2, -0.15) is 13.2 Å². The summed E-state index contributed by atoms with van der Waals surface area (Å²) in [4.78, 5) is 16.3. The van der Waals surface area contributed by atoms with Crippen molar-refractivity contribution in [3.05, 3.63) is 47.1 Å². The normalized spacial score (nSPS) is 12.0. The molecule has 0 saturated heterocycles. The highest BCUT2D eigenvalue weighted by molar-refractivity contribution is 7.99. The number of hydrogen-bond donors (Lipinski definition) is 1. The van der Waals surface area contributed by atoms with E-state index >= 15 is 0 Å². The molecule has 22 heavy (non-hydrogen) atoms. The zero-order chi connectivity index (χ0) is 15.9. The lowest BCUT2D eigenvalue weighted by Gasteiger charge is -2.07. The number of carboxylic acids is 1. The number of benzene rings is 1. The first-order valence-corrected chi connectivity index (χ1v) is 7.60. The van der Waals surface area contributed by atoms with Gasteiger partial charge in [-0.05, 0) is 18.2 Å². The quantitative estimate of drug-likeness (QED) is 0.771. The molecule has 0 spiro atoms. The number of carboxylic acid groups (broad SMARTS) is 1. The second-order valence-corrected chi connectivity index (χ2v) is 6.19. The smallest absolute Gasteiger partial charge is 0.416 e. The van der Waals surface area contributed by atoms with Crippen LogP contribution in [0.2, 0.25) is 0 Å². The maximum Gasteiger partial charge on any atom is 0.416 e. The van der Waals surface area contributed by atoms with Gasteiger partial charge in [0.25, 0.3) is 0 Å². The second kappa shape index (κ2) is 5.33. The SMILES string of the molecule is O=C(O)c1c(Sc2cccc(C(F)(F)F)c2)nc2sccn12. The van der Waals surface area contributed by atoms with Gasteiger partial charge in [-0.1, -0.05) is 17.8 Å². The fraction of sp³-hybridized carbons (Fsp3) is 0.0769. The summed E-state index contributed by atoms with van der Waals surface area (Å²) in [5, 5.41) is 11.1. The van der Waals surface area contributed by atoms with Crippen LogP contribution in [0.25, 0.3) is 4.96 Å². The second-order valence-electron chi connectivity index (χ2n) is 4.25. The number of aromatic nitrogens is 2. The van der Waals surface area contributed by atoms with E-state index in [1.165, 1.54) is 27.9 Å². The molecule has 0 amide bonds. The van der Waals surface area contributed by atoms with Gasteiger partial charge in [0, 0.05) is 16.5 Å². The van der Waals surface area contributed by atoms with Crippen molar-refractivity contribution in [1.29, 1.82) is 0 Å². The van der Waals surface area contributed by atoms with Crippen LogP contribution < -0.4 is 0 Å². The number of rotatable bonds is 3. The molecule has 1 N–H and O–H groups in total. The van der Waals surface area contributed by atoms with Crippen molar-refractivity contribution in [2.75, 3.05) is 0 Å². The van der Waals surface area contributed by atoms with E-state index in [9.17, 15) is 23.1 Å². The Morgan fingerprint density at radius 2 is 2.14 bits per heavy atom. The van der Waals surface area contributed by atoms with Crippen LogP contribution in [-0.2, 0) is 6.18 Å². The fourth-order valence-corrected chi connectivity index (χ4v) is 3.62. The highest BCUT2D eigenvalue weighted by Gasteiger charge is 2.30. The van der Waals surface area contributed by atoms with E-state index in [2.05, 4.69) is 4.98 Å². The molecule has 0 saturated carbocycles. The minimum Gasteiger partial charge on any atom is -0.476 e. The van der Waals surface area contributed by atoms with E-state index in [-0.39, 0.29) is 15.6 Å². The standard InChI is InChI=1S/C13H7F3N2O2S2/c14-13(15,16)7-2-1-3-8(6-7)22-10-9(11(19)20)18-4-5-21-12(18)17-10/h1-6H,(H,19,20). The Labute approximate surface area is 130 Å². The molecule has 3 aromatic rings. The van der Waals surface area contributed by atoms with Crippen LogP contribution in [0.5, 0.6) is 0 Å². The molecule has 0 radical (unpaired) electrons. The molecule has 4 nitrogen and oxygen atoms in total. The molecule has 0 unspecified atom stereocenters. The summed E-state index contributed by atoms with van der Waals surface area (Å²) in [7, 11) is 0. The Morgan fingerprint density at radius 3 is 2.82 bits per heavy atom. The van der Waals surface area contributed by atoms with Crippen LogP contribution in [0.3, 0.4) is 0 Å². The van der Waals surface area contributed by atoms with Crippen LogP contribution >= 0.6 is 23.1 Å². The molecule has 9 heteroatoms. The van der Waals surface area contributed by atoms with E-state index in [1.54, 1.807) is 11.6 Å². The molecule has 2 aromatic heterocycles. The van der Waals surface area contributed by atoms with E-state index < -0.39 is 17.7 Å². The van der Waals surface area contributed by atoms with Gasteiger partial charge in [-0.3, -0.25) is 4.40 Å². The number of nitrogens with zero attached hydrogens (tertiary/aromatic N) is 2. The molecule has 0 aliphatic heterocycles. The molecule has 1 aromatic carbocycles. The van der Waals surface area contributed by atoms with Crippen LogP contribution in [0.1, 0.15) is 16.1 Å². The predicted molar refractivity (Wildman–Crippen MR) is 75.6 cm³/mol. The lowest BCUT2D eigenvalue weighted by atomic mass is 10.2. The molecule has 2 heterocycles. The topological polar surface area (TPSA) is 54.6 Å². The number of aromatic carboxylic acids is 1. The van der Waals surface area contributed by atoms with Crippen molar-refractivity contribution in [2.24, 2.45) is 0 Å². The molecule has 0 aliphatic rings. The van der Waals surface area contributed by atoms with E-state index in [4.69, 9.17) is 0 Å². The largest absolute Gasteiger partial charge is 0.476 e. The average Bonchev–Trinajstić information content (AvgIpc) is 2.97. The molecule has 0 bridgehead atoms. The van der Waals surface area contributed by atoms with E-state index in [1.807, 2.05) is 0 Å². The zero-order valence-electron chi connectivity index (χ0n) is 10.7. The van der Waals surface area contributed by atoms with Crippen LogP contribution in [0, 0.1) is 0 Å². The van der Waals surface area contributed by atoms with Crippen molar-refractivity contribution in [1.82, 2.24) is 9.38 Å². The lowest BCUT2D eigenvalue weighted by Crippen LogP contribution is -2.04. The van der Waals surface area contributed by atoms with E-state index in [0.29, 0.717) is 4.96 Å². The third kappa shape index (κ3) is 2.69. The summed E-state index contributed by atoms with van der Waals surface area (Å²) in [6.45, 7) is 0. The van der Waals surface area contributed by atoms with Gasteiger partial charge in [-0.15, -0.1) is 11.3 Å². The van der Waals surface area contributed by atoms with Gasteiger partial charge < -0.3 is 5.11 Å². The van der Waals surface area contributed by atoms with Crippen molar-refractivity contribution in [3.8, 4) is 0 Å². The number of halogens is 3. The van der Waals surface area contributed by atoms with Gasteiger partial charge in [0.15, 0.2) is 10.7 Å². The molecule has 0 atom stereocenters. The highest BCUT2D eigenvalue weighted by atomic mass is 32.2. The molecule has 3 rings (SSSR count). The summed E-state index contributed by atoms with van der Waals surface area (Å²) >= 11 is 2.15. The first-order valence-electron chi connectivity index (χ1n) is 5.90. The van der Waals surface area contributed by atoms with Crippen molar-refractivity contribution < 1.29 is 23.1 Å². The third-order valence-electron chi connectivity index (χ3n) is 2.81. The minimum atomic E-state index is -4.44. The summed E-state index contributed by atoms with van der Waals surface area (Å²) in [5.41, 5.74) is -0.839. The number of thiazole rings is 1. The van der Waals surface area contributed by atoms with Crippen molar-refractivity contribution >= 4 is 34.0 Å². The zero-order valence-corrected chi connectivity index (χ0v) is 12.3. The maximum absolute atomic E-state index is 12.7. The minimum absolute atomic E-state index is 0.0568. The van der Waals surface area contributed by atoms with Crippen LogP contribution in [-0.4, -0.2) is 20.5 Å². The van der Waals surface area contributed by atoms with Crippen LogP contribution in [0.4, 0.5) is 13.2 Å². The summed E-state index contributed by atoms with van der Waals surface area (Å²) in [6, 6.07) is 4.71. The number of carbonyl (C=O) groups is 1. The Kier molecular flexibility index (Phi) is 3.61. The van der Waals surface area contributed by atoms with Gasteiger partial charge in [0.05, 0.1) is 5.56 Å². The summed E-state index contributed by atoms with van der Waals surface area (Å²) in [6.07, 6.45) is -2.88. The van der Waals surface area contributed by atoms with Gasteiger partial charge in [-0.25, -0.2) is 9.78 Å². The molecular weight excluding hydrogens is 337 g/mol. The summed E-state index contributed by atoms with van der Waals surface area (Å²) < 4.78 is 39.5. The first-order chi connectivity index (χ1) is 10.4. The van der Waals surface area contributed by atoms with Gasteiger partial charge in [0.1, 0.15) is 5.03 Å². The van der Waals surface area contributed by atoms with Gasteiger partial charge in [0.2, 0.25) is 0 Å². The Hall–Kier alpha value is -2.00. The summed E-state index contributed by atoms with van der Waals surface area (Å²) in [5.74, 6) is -1.18. The number of alkyl halides is 3. The predicted octanol–water partition coefficient (Wildman–Crippen LogP) is 4.26. The van der Waals surface area contributed by atoms with Crippen LogP contribution in [0.15, 0.2) is 45.8 Å². The van der Waals surface area contributed by atoms with Crippen molar-refractivity contribution in [2.45, 2.75) is 16.1 Å². The number of imidazole rings is 1. The average molecular weight is 344 g/mol. The number of fused-ring (bicyclic) bond motifs is 1. The van der Waals surface area contributed by atoms with E-state index in [0.717, 1.165) is 23.9 Å². The fourth-order valence-electron chi connectivity index (χ4n) is 1.88. The molecule has 114 valence electrons. The Morgan fingerprint density at radius 1 is 1.36 bits per heavy atom. The van der Waals surface area contributed by atoms with Gasteiger partial charge >= 0.3 is 12.1 Å².